The first-order valence-corrected chi connectivity index (χ1v) is 11.0. The van der Waals surface area contributed by atoms with E-state index in [0.717, 1.165) is 31.3 Å². The molecule has 0 aromatic carbocycles. The Kier molecular flexibility index (Phi) is 4.30. The lowest BCUT2D eigenvalue weighted by Crippen LogP contribution is -2.45. The molecule has 5 rings (SSSR count). The molecule has 2 spiro atoms. The minimum atomic E-state index is -0.517. The van der Waals surface area contributed by atoms with Crippen molar-refractivity contribution in [1.82, 2.24) is 0 Å². The molecule has 0 aromatic heterocycles. The minimum Gasteiger partial charge on any atom is -0.350 e. The van der Waals surface area contributed by atoms with E-state index < -0.39 is 11.6 Å². The summed E-state index contributed by atoms with van der Waals surface area (Å²) in [5.41, 5.74) is 5.12. The highest BCUT2D eigenvalue weighted by molar-refractivity contribution is 5.97. The second kappa shape index (κ2) is 6.25. The van der Waals surface area contributed by atoms with Crippen LogP contribution in [0.3, 0.4) is 0 Å². The Labute approximate surface area is 173 Å². The fraction of sp³-hybridized carbons (Fsp3) is 0.792. The topological polar surface area (TPSA) is 54.0 Å². The van der Waals surface area contributed by atoms with Crippen LogP contribution in [0.4, 0.5) is 0 Å². The first kappa shape index (κ1) is 19.9. The molecule has 0 amide bonds. The number of hydrogen-bond acceptors (Lipinski definition) is 5. The van der Waals surface area contributed by atoms with E-state index in [1.807, 2.05) is 34.6 Å². The van der Waals surface area contributed by atoms with Crippen LogP contribution in [0.5, 0.6) is 0 Å². The number of hydrogen-bond donors (Lipinski definition) is 0. The van der Waals surface area contributed by atoms with Gasteiger partial charge in [0.25, 0.3) is 0 Å². The van der Waals surface area contributed by atoms with Gasteiger partial charge in [-0.2, -0.15) is 0 Å². The quantitative estimate of drug-likeness (QED) is 0.604. The summed E-state index contributed by atoms with van der Waals surface area (Å²) in [6.45, 7) is 12.7. The van der Waals surface area contributed by atoms with E-state index in [2.05, 4.69) is 0 Å². The summed E-state index contributed by atoms with van der Waals surface area (Å²) in [6, 6.07) is 0. The fourth-order valence-electron chi connectivity index (χ4n) is 5.95. The molecule has 1 unspecified atom stereocenters. The summed E-state index contributed by atoms with van der Waals surface area (Å²) >= 11 is 0. The second-order valence-electron chi connectivity index (χ2n) is 11.1. The van der Waals surface area contributed by atoms with Crippen LogP contribution in [-0.2, 0) is 23.7 Å². The highest BCUT2D eigenvalue weighted by Crippen LogP contribution is 2.58. The fourth-order valence-corrected chi connectivity index (χ4v) is 5.95. The van der Waals surface area contributed by atoms with Gasteiger partial charge in [-0.15, -0.1) is 0 Å². The molecule has 3 aliphatic carbocycles. The van der Waals surface area contributed by atoms with E-state index in [-0.39, 0.29) is 10.8 Å². The SMILES string of the molecule is CC1=C2CC3(COC(C)(C)OC3)CC2=C2CC3(COC(C)(C)OC3)CC2CC1=O. The van der Waals surface area contributed by atoms with Gasteiger partial charge in [-0.05, 0) is 82.9 Å². The number of carbonyl (C=O) groups excluding carboxylic acids is 1. The summed E-state index contributed by atoms with van der Waals surface area (Å²) in [7, 11) is 0. The van der Waals surface area contributed by atoms with Gasteiger partial charge in [-0.25, -0.2) is 0 Å². The number of Topliss-reactive ketones (excluding diaryl/α,β-unsaturated/α-hetero) is 1. The molecule has 5 aliphatic rings. The maximum Gasteiger partial charge on any atom is 0.162 e. The molecule has 2 saturated heterocycles. The Hall–Kier alpha value is -1.01. The molecule has 4 fully saturated rings. The maximum absolute atomic E-state index is 13.0. The maximum atomic E-state index is 13.0. The molecular weight excluding hydrogens is 368 g/mol. The molecular formula is C24H34O5. The number of ether oxygens (including phenoxy) is 4. The molecule has 0 radical (unpaired) electrons. The summed E-state index contributed by atoms with van der Waals surface area (Å²) in [4.78, 5) is 13.0. The van der Waals surface area contributed by atoms with Gasteiger partial charge < -0.3 is 18.9 Å². The summed E-state index contributed by atoms with van der Waals surface area (Å²) in [6.07, 6.45) is 4.45. The third kappa shape index (κ3) is 3.34. The molecule has 160 valence electrons. The van der Waals surface area contributed by atoms with E-state index in [1.165, 1.54) is 16.7 Å². The zero-order chi connectivity index (χ0) is 20.7. The van der Waals surface area contributed by atoms with Crippen molar-refractivity contribution in [2.45, 2.75) is 78.3 Å². The van der Waals surface area contributed by atoms with Crippen molar-refractivity contribution in [3.8, 4) is 0 Å². The van der Waals surface area contributed by atoms with Gasteiger partial charge in [-0.1, -0.05) is 5.57 Å². The van der Waals surface area contributed by atoms with Crippen LogP contribution < -0.4 is 0 Å². The summed E-state index contributed by atoms with van der Waals surface area (Å²) < 4.78 is 24.2. The van der Waals surface area contributed by atoms with Crippen LogP contribution in [0.2, 0.25) is 0 Å². The molecule has 5 nitrogen and oxygen atoms in total. The van der Waals surface area contributed by atoms with Crippen molar-refractivity contribution in [3.05, 3.63) is 22.3 Å². The second-order valence-corrected chi connectivity index (χ2v) is 11.1. The van der Waals surface area contributed by atoms with E-state index in [4.69, 9.17) is 18.9 Å². The molecule has 0 N–H and O–H groups in total. The Morgan fingerprint density at radius 2 is 1.28 bits per heavy atom. The summed E-state index contributed by atoms with van der Waals surface area (Å²) in [5, 5.41) is 0. The number of fused-ring (bicyclic) bond motifs is 2. The van der Waals surface area contributed by atoms with Crippen molar-refractivity contribution in [1.29, 1.82) is 0 Å². The predicted octanol–water partition coefficient (Wildman–Crippen LogP) is 4.31. The van der Waals surface area contributed by atoms with Gasteiger partial charge in [0.2, 0.25) is 0 Å². The summed E-state index contributed by atoms with van der Waals surface area (Å²) in [5.74, 6) is -0.402. The molecule has 2 aliphatic heterocycles. The molecule has 0 bridgehead atoms. The number of allylic oxidation sites excluding steroid dienone is 4. The predicted molar refractivity (Wildman–Crippen MR) is 108 cm³/mol. The number of carbonyl (C=O) groups is 1. The first-order valence-electron chi connectivity index (χ1n) is 11.0. The molecule has 5 heteroatoms. The van der Waals surface area contributed by atoms with Crippen molar-refractivity contribution in [2.24, 2.45) is 16.7 Å². The van der Waals surface area contributed by atoms with Gasteiger partial charge >= 0.3 is 0 Å². The lowest BCUT2D eigenvalue weighted by atomic mass is 9.84. The Balaban J connectivity index is 1.48. The van der Waals surface area contributed by atoms with Crippen molar-refractivity contribution in [2.75, 3.05) is 26.4 Å². The zero-order valence-electron chi connectivity index (χ0n) is 18.5. The highest BCUT2D eigenvalue weighted by Gasteiger charge is 2.53. The Morgan fingerprint density at radius 1 is 0.759 bits per heavy atom. The van der Waals surface area contributed by atoms with Crippen LogP contribution >= 0.6 is 0 Å². The van der Waals surface area contributed by atoms with E-state index in [9.17, 15) is 4.79 Å². The third-order valence-electron chi connectivity index (χ3n) is 7.80. The van der Waals surface area contributed by atoms with Crippen molar-refractivity contribution in [3.63, 3.8) is 0 Å². The van der Waals surface area contributed by atoms with E-state index in [1.54, 1.807) is 0 Å². The third-order valence-corrected chi connectivity index (χ3v) is 7.80. The average molecular weight is 403 g/mol. The van der Waals surface area contributed by atoms with Crippen LogP contribution in [-0.4, -0.2) is 43.8 Å². The van der Waals surface area contributed by atoms with Crippen molar-refractivity contribution < 1.29 is 23.7 Å². The lowest BCUT2D eigenvalue weighted by molar-refractivity contribution is -0.284. The normalized spacial score (nSPS) is 34.5. The number of ketones is 1. The Morgan fingerprint density at radius 3 is 1.86 bits per heavy atom. The van der Waals surface area contributed by atoms with Gasteiger partial charge in [0.1, 0.15) is 0 Å². The lowest BCUT2D eigenvalue weighted by Gasteiger charge is -2.41. The highest BCUT2D eigenvalue weighted by atomic mass is 16.7. The molecule has 1 atom stereocenters. The molecule has 2 saturated carbocycles. The minimum absolute atomic E-state index is 0.0104. The van der Waals surface area contributed by atoms with Crippen LogP contribution in [0.25, 0.3) is 0 Å². The molecule has 2 heterocycles. The van der Waals surface area contributed by atoms with Crippen LogP contribution in [0, 0.1) is 16.7 Å². The smallest absolute Gasteiger partial charge is 0.162 e. The zero-order valence-corrected chi connectivity index (χ0v) is 18.5. The van der Waals surface area contributed by atoms with Crippen LogP contribution in [0.1, 0.15) is 66.7 Å². The van der Waals surface area contributed by atoms with E-state index in [0.29, 0.717) is 44.5 Å². The average Bonchev–Trinajstić information content (AvgIpc) is 3.18. The standard InChI is InChI=1S/C24H34O5/c1-15-17-8-24(13-28-22(4,5)29-14-24)10-19(17)18-9-23(7-16(18)6-20(15)25)11-26-21(2,3)27-12-23/h16H,6-14H2,1-5H3. The van der Waals surface area contributed by atoms with Gasteiger partial charge in [0, 0.05) is 17.3 Å². The van der Waals surface area contributed by atoms with Crippen LogP contribution in [0.15, 0.2) is 22.3 Å². The van der Waals surface area contributed by atoms with E-state index >= 15 is 0 Å². The monoisotopic (exact) mass is 402 g/mol. The number of rotatable bonds is 0. The first-order chi connectivity index (χ1) is 13.5. The van der Waals surface area contributed by atoms with Gasteiger partial charge in [-0.3, -0.25) is 4.79 Å². The van der Waals surface area contributed by atoms with Gasteiger partial charge in [0.15, 0.2) is 17.4 Å². The van der Waals surface area contributed by atoms with Gasteiger partial charge in [0.05, 0.1) is 26.4 Å². The molecule has 29 heavy (non-hydrogen) atoms. The van der Waals surface area contributed by atoms with Crippen molar-refractivity contribution >= 4 is 5.78 Å². The molecule has 0 aromatic rings. The Bertz CT molecular complexity index is 795. The largest absolute Gasteiger partial charge is 0.350 e.